The van der Waals surface area contributed by atoms with Crippen molar-refractivity contribution in [2.24, 2.45) is 0 Å². The second-order valence-corrected chi connectivity index (χ2v) is 4.01. The van der Waals surface area contributed by atoms with E-state index in [1.807, 2.05) is 27.0 Å². The van der Waals surface area contributed by atoms with Crippen LogP contribution >= 0.6 is 12.4 Å². The summed E-state index contributed by atoms with van der Waals surface area (Å²) in [7, 11) is 1.88. The second kappa shape index (κ2) is 8.08. The Hall–Kier alpha value is -1.07. The lowest BCUT2D eigenvalue weighted by Crippen LogP contribution is -2.18. The molecule has 1 rings (SSSR count). The molecule has 0 saturated heterocycles. The molecule has 6 heteroatoms. The molecule has 1 aromatic heterocycles. The fourth-order valence-electron chi connectivity index (χ4n) is 1.46. The van der Waals surface area contributed by atoms with Gasteiger partial charge in [0, 0.05) is 18.5 Å². The zero-order valence-corrected chi connectivity index (χ0v) is 11.4. The maximum Gasteiger partial charge on any atom is 0.225 e. The summed E-state index contributed by atoms with van der Waals surface area (Å²) in [4.78, 5) is 11.6. The summed E-state index contributed by atoms with van der Waals surface area (Å²) >= 11 is 0. The van der Waals surface area contributed by atoms with Gasteiger partial charge in [-0.2, -0.15) is 5.10 Å². The summed E-state index contributed by atoms with van der Waals surface area (Å²) < 4.78 is 1.80. The maximum atomic E-state index is 11.6. The van der Waals surface area contributed by atoms with Crippen molar-refractivity contribution in [3.8, 4) is 0 Å². The molecule has 0 spiro atoms. The summed E-state index contributed by atoms with van der Waals surface area (Å²) in [5.74, 6) is 0.808. The molecular weight excluding hydrogens is 240 g/mol. The van der Waals surface area contributed by atoms with E-state index in [-0.39, 0.29) is 24.4 Å². The third-order valence-corrected chi connectivity index (χ3v) is 2.26. The normalized spacial score (nSPS) is 10.1. The molecule has 0 bridgehead atoms. The smallest absolute Gasteiger partial charge is 0.225 e. The molecule has 1 amide bonds. The maximum absolute atomic E-state index is 11.6. The van der Waals surface area contributed by atoms with Crippen LogP contribution < -0.4 is 10.6 Å². The van der Waals surface area contributed by atoms with Gasteiger partial charge in [0.05, 0.1) is 6.20 Å². The van der Waals surface area contributed by atoms with Gasteiger partial charge in [-0.25, -0.2) is 4.68 Å². The van der Waals surface area contributed by atoms with Gasteiger partial charge < -0.3 is 10.6 Å². The molecule has 17 heavy (non-hydrogen) atoms. The predicted octanol–water partition coefficient (Wildman–Crippen LogP) is 1.82. The summed E-state index contributed by atoms with van der Waals surface area (Å²) in [6.45, 7) is 4.92. The van der Waals surface area contributed by atoms with Gasteiger partial charge in [0.25, 0.3) is 0 Å². The van der Waals surface area contributed by atoms with Gasteiger partial charge in [0.15, 0.2) is 0 Å². The van der Waals surface area contributed by atoms with Crippen LogP contribution in [0, 0.1) is 0 Å². The summed E-state index contributed by atoms with van der Waals surface area (Å²) in [6, 6.07) is 2.07. The van der Waals surface area contributed by atoms with E-state index in [1.54, 1.807) is 10.9 Å². The monoisotopic (exact) mass is 260 g/mol. The van der Waals surface area contributed by atoms with Gasteiger partial charge in [0.2, 0.25) is 5.91 Å². The summed E-state index contributed by atoms with van der Waals surface area (Å²) in [5.41, 5.74) is 0. The first kappa shape index (κ1) is 15.9. The molecule has 0 fully saturated rings. The van der Waals surface area contributed by atoms with Crippen molar-refractivity contribution >= 4 is 24.1 Å². The van der Waals surface area contributed by atoms with Crippen LogP contribution in [0.3, 0.4) is 0 Å². The Labute approximate surface area is 108 Å². The zero-order valence-electron chi connectivity index (χ0n) is 10.6. The van der Waals surface area contributed by atoms with Crippen molar-refractivity contribution in [2.45, 2.75) is 32.7 Å². The SMILES string of the molecule is CNCCCC(=O)Nc1ccnn1C(C)C.Cl. The Morgan fingerprint density at radius 2 is 2.24 bits per heavy atom. The number of halogens is 1. The van der Waals surface area contributed by atoms with Gasteiger partial charge in [0.1, 0.15) is 5.82 Å². The highest BCUT2D eigenvalue weighted by atomic mass is 35.5. The van der Waals surface area contributed by atoms with Crippen LogP contribution in [-0.4, -0.2) is 29.3 Å². The van der Waals surface area contributed by atoms with E-state index in [9.17, 15) is 4.79 Å². The standard InChI is InChI=1S/C11H20N4O.ClH/c1-9(2)15-10(6-8-13-15)14-11(16)5-4-7-12-3;/h6,8-9,12H,4-5,7H2,1-3H3,(H,14,16);1H. The number of nitrogens with one attached hydrogen (secondary N) is 2. The van der Waals surface area contributed by atoms with Crippen molar-refractivity contribution < 1.29 is 4.79 Å². The summed E-state index contributed by atoms with van der Waals surface area (Å²) in [6.07, 6.45) is 3.07. The number of hydrogen-bond acceptors (Lipinski definition) is 3. The van der Waals surface area contributed by atoms with E-state index in [2.05, 4.69) is 15.7 Å². The fourth-order valence-corrected chi connectivity index (χ4v) is 1.46. The van der Waals surface area contributed by atoms with Crippen molar-refractivity contribution in [1.29, 1.82) is 0 Å². The van der Waals surface area contributed by atoms with Crippen molar-refractivity contribution in [3.05, 3.63) is 12.3 Å². The van der Waals surface area contributed by atoms with Gasteiger partial charge in [-0.1, -0.05) is 0 Å². The Bertz CT molecular complexity index is 338. The van der Waals surface area contributed by atoms with Crippen LogP contribution in [0.5, 0.6) is 0 Å². The van der Waals surface area contributed by atoms with Gasteiger partial charge in [-0.3, -0.25) is 4.79 Å². The minimum Gasteiger partial charge on any atom is -0.320 e. The van der Waals surface area contributed by atoms with Crippen molar-refractivity contribution in [2.75, 3.05) is 18.9 Å². The molecule has 2 N–H and O–H groups in total. The van der Waals surface area contributed by atoms with Gasteiger partial charge in [-0.15, -0.1) is 12.4 Å². The van der Waals surface area contributed by atoms with Crippen LogP contribution in [0.1, 0.15) is 32.7 Å². The fraction of sp³-hybridized carbons (Fsp3) is 0.636. The molecule has 98 valence electrons. The minimum absolute atomic E-state index is 0. The number of hydrogen-bond donors (Lipinski definition) is 2. The van der Waals surface area contributed by atoms with Crippen LogP contribution in [0.4, 0.5) is 5.82 Å². The van der Waals surface area contributed by atoms with E-state index in [1.165, 1.54) is 0 Å². The van der Waals surface area contributed by atoms with Crippen LogP contribution in [0.25, 0.3) is 0 Å². The lowest BCUT2D eigenvalue weighted by Gasteiger charge is -2.11. The number of rotatable bonds is 6. The second-order valence-electron chi connectivity index (χ2n) is 4.01. The van der Waals surface area contributed by atoms with Crippen LogP contribution in [0.15, 0.2) is 12.3 Å². The highest BCUT2D eigenvalue weighted by molar-refractivity contribution is 5.89. The Balaban J connectivity index is 0.00000256. The van der Waals surface area contributed by atoms with E-state index >= 15 is 0 Å². The molecule has 0 saturated carbocycles. The average molecular weight is 261 g/mol. The highest BCUT2D eigenvalue weighted by Gasteiger charge is 2.08. The van der Waals surface area contributed by atoms with Crippen molar-refractivity contribution in [1.82, 2.24) is 15.1 Å². The Morgan fingerprint density at radius 3 is 2.82 bits per heavy atom. The third kappa shape index (κ3) is 5.19. The number of anilines is 1. The average Bonchev–Trinajstić information content (AvgIpc) is 2.66. The number of carbonyl (C=O) groups is 1. The lowest BCUT2D eigenvalue weighted by atomic mass is 10.3. The number of nitrogens with zero attached hydrogens (tertiary/aromatic N) is 2. The first-order valence-electron chi connectivity index (χ1n) is 5.63. The van der Waals surface area contributed by atoms with E-state index in [4.69, 9.17) is 0 Å². The molecule has 0 unspecified atom stereocenters. The lowest BCUT2D eigenvalue weighted by molar-refractivity contribution is -0.116. The number of aromatic nitrogens is 2. The Morgan fingerprint density at radius 1 is 1.53 bits per heavy atom. The Kier molecular flexibility index (Phi) is 7.58. The molecule has 0 atom stereocenters. The molecule has 0 aromatic carbocycles. The summed E-state index contributed by atoms with van der Waals surface area (Å²) in [5, 5.41) is 10.0. The van der Waals surface area contributed by atoms with E-state index < -0.39 is 0 Å². The third-order valence-electron chi connectivity index (χ3n) is 2.26. The zero-order chi connectivity index (χ0) is 12.0. The molecule has 1 heterocycles. The topological polar surface area (TPSA) is 59.0 Å². The first-order valence-corrected chi connectivity index (χ1v) is 5.63. The highest BCUT2D eigenvalue weighted by Crippen LogP contribution is 2.13. The van der Waals surface area contributed by atoms with Gasteiger partial charge in [-0.05, 0) is 33.9 Å². The number of carbonyl (C=O) groups excluding carboxylic acids is 1. The van der Waals surface area contributed by atoms with Gasteiger partial charge >= 0.3 is 0 Å². The van der Waals surface area contributed by atoms with Crippen LogP contribution in [-0.2, 0) is 4.79 Å². The molecule has 0 aliphatic carbocycles. The van der Waals surface area contributed by atoms with Crippen molar-refractivity contribution in [3.63, 3.8) is 0 Å². The molecule has 5 nitrogen and oxygen atoms in total. The largest absolute Gasteiger partial charge is 0.320 e. The molecule has 1 aromatic rings. The van der Waals surface area contributed by atoms with E-state index in [0.29, 0.717) is 6.42 Å². The molecule has 0 aliphatic heterocycles. The predicted molar refractivity (Wildman–Crippen MR) is 71.7 cm³/mol. The first-order chi connectivity index (χ1) is 7.65. The molecule has 0 radical (unpaired) electrons. The quantitative estimate of drug-likeness (QED) is 0.767. The molecule has 0 aliphatic rings. The van der Waals surface area contributed by atoms with E-state index in [0.717, 1.165) is 18.8 Å². The number of amides is 1. The molecular formula is C11H21ClN4O. The van der Waals surface area contributed by atoms with Crippen LogP contribution in [0.2, 0.25) is 0 Å². The minimum atomic E-state index is 0.